The third-order valence-electron chi connectivity index (χ3n) is 5.90. The van der Waals surface area contributed by atoms with E-state index in [2.05, 4.69) is 37.9 Å². The first-order chi connectivity index (χ1) is 13.4. The Morgan fingerprint density at radius 2 is 1.93 bits per heavy atom. The quantitative estimate of drug-likeness (QED) is 0.748. The van der Waals surface area contributed by atoms with Crippen LogP contribution in [0.4, 0.5) is 0 Å². The van der Waals surface area contributed by atoms with Crippen LogP contribution in [-0.4, -0.2) is 42.6 Å². The third kappa shape index (κ3) is 4.44. The van der Waals surface area contributed by atoms with Crippen LogP contribution in [0, 0.1) is 6.92 Å². The molecule has 1 heterocycles. The zero-order chi connectivity index (χ0) is 20.3. The molecule has 4 heteroatoms. The lowest BCUT2D eigenvalue weighted by Crippen LogP contribution is -2.40. The van der Waals surface area contributed by atoms with E-state index in [1.807, 2.05) is 12.1 Å². The number of likely N-dealkylation sites (N-methyl/N-ethyl adjacent to an activating group) is 1. The molecule has 0 aromatic heterocycles. The number of aryl methyl sites for hydroxylation is 1. The van der Waals surface area contributed by atoms with Crippen molar-refractivity contribution < 1.29 is 10.2 Å². The maximum absolute atomic E-state index is 10.3. The van der Waals surface area contributed by atoms with Crippen LogP contribution in [0.1, 0.15) is 49.3 Å². The lowest BCUT2D eigenvalue weighted by atomic mass is 9.80. The van der Waals surface area contributed by atoms with Crippen LogP contribution in [0.25, 0.3) is 5.57 Å². The van der Waals surface area contributed by atoms with Crippen LogP contribution in [0.3, 0.4) is 0 Å². The Labute approximate surface area is 170 Å². The van der Waals surface area contributed by atoms with Crippen molar-refractivity contribution in [2.75, 3.05) is 13.6 Å². The molecule has 2 aromatic carbocycles. The molecule has 0 spiro atoms. The van der Waals surface area contributed by atoms with E-state index in [4.69, 9.17) is 7.85 Å². The van der Waals surface area contributed by atoms with Crippen LogP contribution < -0.4 is 5.46 Å². The highest BCUT2D eigenvalue weighted by Gasteiger charge is 2.29. The Balaban J connectivity index is 2.06. The molecule has 146 valence electrons. The Morgan fingerprint density at radius 1 is 1.14 bits per heavy atom. The van der Waals surface area contributed by atoms with Crippen molar-refractivity contribution in [2.45, 2.75) is 52.0 Å². The number of phenols is 2. The minimum absolute atomic E-state index is 0.0936. The van der Waals surface area contributed by atoms with Crippen molar-refractivity contribution in [3.05, 3.63) is 58.7 Å². The van der Waals surface area contributed by atoms with Gasteiger partial charge in [0.25, 0.3) is 0 Å². The molecule has 1 aliphatic heterocycles. The summed E-state index contributed by atoms with van der Waals surface area (Å²) in [4.78, 5) is 2.39. The van der Waals surface area contributed by atoms with Crippen molar-refractivity contribution in [2.24, 2.45) is 0 Å². The monoisotopic (exact) mass is 375 g/mol. The summed E-state index contributed by atoms with van der Waals surface area (Å²) in [7, 11) is 8.27. The maximum Gasteiger partial charge on any atom is 0.122 e. The zero-order valence-corrected chi connectivity index (χ0v) is 17.2. The second kappa shape index (κ2) is 8.87. The molecule has 0 bridgehead atoms. The number of hydrogen-bond donors (Lipinski definition) is 2. The molecule has 1 aliphatic rings. The summed E-state index contributed by atoms with van der Waals surface area (Å²) < 4.78 is 0. The molecule has 2 aromatic rings. The van der Waals surface area contributed by atoms with Crippen LogP contribution >= 0.6 is 0 Å². The zero-order valence-electron chi connectivity index (χ0n) is 17.2. The third-order valence-corrected chi connectivity index (χ3v) is 5.90. The molecule has 2 radical (unpaired) electrons. The summed E-state index contributed by atoms with van der Waals surface area (Å²) in [5, 5.41) is 19.9. The highest BCUT2D eigenvalue weighted by molar-refractivity contribution is 6.32. The summed E-state index contributed by atoms with van der Waals surface area (Å²) in [6, 6.07) is 11.3. The van der Waals surface area contributed by atoms with Crippen molar-refractivity contribution in [3.63, 3.8) is 0 Å². The number of benzene rings is 2. The number of aromatic hydroxyl groups is 2. The van der Waals surface area contributed by atoms with Gasteiger partial charge in [-0.05, 0) is 73.6 Å². The van der Waals surface area contributed by atoms with E-state index < -0.39 is 0 Å². The highest BCUT2D eigenvalue weighted by atomic mass is 16.3. The van der Waals surface area contributed by atoms with E-state index >= 15 is 0 Å². The SMILES string of the molecule is [B]c1ccc(C)c(C2=C(CCCC)C(Cc3ccc(O)cc3O)N(C)CC2)c1. The molecule has 0 fully saturated rings. The first kappa shape index (κ1) is 20.5. The second-order valence-electron chi connectivity index (χ2n) is 7.95. The first-order valence-electron chi connectivity index (χ1n) is 10.2. The molecule has 0 saturated carbocycles. The normalized spacial score (nSPS) is 17.9. The van der Waals surface area contributed by atoms with Gasteiger partial charge in [-0.2, -0.15) is 0 Å². The van der Waals surface area contributed by atoms with Gasteiger partial charge in [0.2, 0.25) is 0 Å². The van der Waals surface area contributed by atoms with Gasteiger partial charge in [0.15, 0.2) is 0 Å². The van der Waals surface area contributed by atoms with Gasteiger partial charge in [0.1, 0.15) is 19.3 Å². The van der Waals surface area contributed by atoms with Gasteiger partial charge in [0.05, 0.1) is 0 Å². The first-order valence-corrected chi connectivity index (χ1v) is 10.2. The van der Waals surface area contributed by atoms with E-state index in [0.717, 1.165) is 49.7 Å². The van der Waals surface area contributed by atoms with Gasteiger partial charge in [-0.15, -0.1) is 0 Å². The van der Waals surface area contributed by atoms with E-state index in [9.17, 15) is 10.2 Å². The summed E-state index contributed by atoms with van der Waals surface area (Å²) in [6.45, 7) is 5.35. The molecule has 1 unspecified atom stereocenters. The molecular formula is C24H30BNO2. The van der Waals surface area contributed by atoms with E-state index in [1.54, 1.807) is 6.07 Å². The Kier molecular flexibility index (Phi) is 6.51. The molecule has 2 N–H and O–H groups in total. The van der Waals surface area contributed by atoms with Crippen LogP contribution in [0.2, 0.25) is 0 Å². The fourth-order valence-electron chi connectivity index (χ4n) is 4.24. The van der Waals surface area contributed by atoms with Gasteiger partial charge in [-0.1, -0.05) is 43.1 Å². The summed E-state index contributed by atoms with van der Waals surface area (Å²) in [5.74, 6) is 0.256. The number of hydrogen-bond acceptors (Lipinski definition) is 3. The predicted octanol–water partition coefficient (Wildman–Crippen LogP) is 4.09. The summed E-state index contributed by atoms with van der Waals surface area (Å²) in [5.41, 5.74) is 7.06. The minimum Gasteiger partial charge on any atom is -0.508 e. The molecular weight excluding hydrogens is 345 g/mol. The Bertz CT molecular complexity index is 875. The predicted molar refractivity (Wildman–Crippen MR) is 118 cm³/mol. The molecule has 0 aliphatic carbocycles. The van der Waals surface area contributed by atoms with Crippen LogP contribution in [0.5, 0.6) is 11.5 Å². The average Bonchev–Trinajstić information content (AvgIpc) is 2.66. The molecule has 28 heavy (non-hydrogen) atoms. The van der Waals surface area contributed by atoms with E-state index in [-0.39, 0.29) is 17.5 Å². The standard InChI is InChI=1S/C24H30BNO2/c1-4-5-6-21-20(22-14-18(25)9-7-16(22)2)11-12-26(3)23(21)13-17-8-10-19(27)15-24(17)28/h7-10,14-15,23,27-28H,4-6,11-13H2,1-3H3. The van der Waals surface area contributed by atoms with Gasteiger partial charge in [-0.25, -0.2) is 0 Å². The summed E-state index contributed by atoms with van der Waals surface area (Å²) in [6.07, 6.45) is 5.08. The van der Waals surface area contributed by atoms with Gasteiger partial charge in [0, 0.05) is 18.7 Å². The van der Waals surface area contributed by atoms with Crippen LogP contribution in [-0.2, 0) is 6.42 Å². The molecule has 3 nitrogen and oxygen atoms in total. The number of nitrogens with zero attached hydrogens (tertiary/aromatic N) is 1. The largest absolute Gasteiger partial charge is 0.508 e. The lowest BCUT2D eigenvalue weighted by molar-refractivity contribution is 0.257. The second-order valence-corrected chi connectivity index (χ2v) is 7.95. The van der Waals surface area contributed by atoms with E-state index in [0.29, 0.717) is 0 Å². The number of unbranched alkanes of at least 4 members (excludes halogenated alkanes) is 1. The fraction of sp³-hybridized carbons (Fsp3) is 0.417. The highest BCUT2D eigenvalue weighted by Crippen LogP contribution is 2.37. The topological polar surface area (TPSA) is 43.7 Å². The van der Waals surface area contributed by atoms with Crippen LogP contribution in [0.15, 0.2) is 42.0 Å². The Morgan fingerprint density at radius 3 is 2.64 bits per heavy atom. The molecule has 1 atom stereocenters. The van der Waals surface area contributed by atoms with Crippen molar-refractivity contribution in [3.8, 4) is 11.5 Å². The molecule has 3 rings (SSSR count). The van der Waals surface area contributed by atoms with Crippen molar-refractivity contribution >= 4 is 18.9 Å². The number of phenolic OH excluding ortho intramolecular Hbond substituents is 2. The van der Waals surface area contributed by atoms with Gasteiger partial charge < -0.3 is 10.2 Å². The fourth-order valence-corrected chi connectivity index (χ4v) is 4.24. The molecule has 0 saturated heterocycles. The average molecular weight is 375 g/mol. The van der Waals surface area contributed by atoms with Crippen molar-refractivity contribution in [1.29, 1.82) is 0 Å². The minimum atomic E-state index is 0.0936. The van der Waals surface area contributed by atoms with Gasteiger partial charge in [-0.3, -0.25) is 4.90 Å². The Hall–Kier alpha value is -2.20. The lowest BCUT2D eigenvalue weighted by Gasteiger charge is -2.38. The van der Waals surface area contributed by atoms with E-state index in [1.165, 1.54) is 28.3 Å². The maximum atomic E-state index is 10.3. The molecule has 0 amide bonds. The van der Waals surface area contributed by atoms with Gasteiger partial charge >= 0.3 is 0 Å². The van der Waals surface area contributed by atoms with Crippen molar-refractivity contribution in [1.82, 2.24) is 4.90 Å². The number of rotatable bonds is 6. The smallest absolute Gasteiger partial charge is 0.122 e. The summed E-state index contributed by atoms with van der Waals surface area (Å²) >= 11 is 0.